The van der Waals surface area contributed by atoms with Gasteiger partial charge in [0.2, 0.25) is 0 Å². The van der Waals surface area contributed by atoms with Crippen LogP contribution in [0.25, 0.3) is 0 Å². The van der Waals surface area contributed by atoms with Crippen molar-refractivity contribution in [3.05, 3.63) is 22.5 Å². The van der Waals surface area contributed by atoms with Crippen LogP contribution < -0.4 is 5.32 Å². The van der Waals surface area contributed by atoms with Gasteiger partial charge < -0.3 is 10.3 Å². The molecule has 0 spiro atoms. The maximum Gasteiger partial charge on any atom is 0.0340 e. The minimum atomic E-state index is 0.636. The number of aryl methyl sites for hydroxylation is 2. The zero-order chi connectivity index (χ0) is 10.3. The maximum absolute atomic E-state index is 3.67. The van der Waals surface area contributed by atoms with Gasteiger partial charge in [-0.1, -0.05) is 6.42 Å². The van der Waals surface area contributed by atoms with Crippen LogP contribution in [0, 0.1) is 6.92 Å². The number of aromatic amines is 1. The van der Waals surface area contributed by atoms with Crippen LogP contribution >= 0.6 is 0 Å². The summed E-state index contributed by atoms with van der Waals surface area (Å²) < 4.78 is 0. The van der Waals surface area contributed by atoms with Crippen LogP contribution in [0.4, 0.5) is 0 Å². The standard InChI is InChI=1S/C13H20N2/c1-9-13(12-6-2-3-8-14-12)10-5-4-7-11(10)15-9/h12,14-15H,2-8H2,1H3. The summed E-state index contributed by atoms with van der Waals surface area (Å²) in [4.78, 5) is 3.58. The molecular weight excluding hydrogens is 184 g/mol. The number of aromatic nitrogens is 1. The number of rotatable bonds is 1. The predicted octanol–water partition coefficient (Wildman–Crippen LogP) is 2.63. The number of hydrogen-bond donors (Lipinski definition) is 2. The molecule has 0 saturated carbocycles. The van der Waals surface area contributed by atoms with E-state index in [1.54, 1.807) is 11.1 Å². The molecule has 1 atom stereocenters. The molecule has 1 aliphatic heterocycles. The molecule has 2 nitrogen and oxygen atoms in total. The molecule has 0 bridgehead atoms. The third-order valence-corrected chi connectivity index (χ3v) is 3.94. The Morgan fingerprint density at radius 1 is 1.13 bits per heavy atom. The smallest absolute Gasteiger partial charge is 0.0340 e. The molecule has 1 aliphatic carbocycles. The van der Waals surface area contributed by atoms with Gasteiger partial charge in [-0.25, -0.2) is 0 Å². The highest BCUT2D eigenvalue weighted by atomic mass is 14.9. The summed E-state index contributed by atoms with van der Waals surface area (Å²) in [5.74, 6) is 0. The second-order valence-corrected chi connectivity index (χ2v) is 4.98. The second kappa shape index (κ2) is 3.67. The first-order chi connectivity index (χ1) is 7.36. The number of fused-ring (bicyclic) bond motifs is 1. The maximum atomic E-state index is 3.67. The van der Waals surface area contributed by atoms with Gasteiger partial charge in [-0.05, 0) is 56.7 Å². The zero-order valence-corrected chi connectivity index (χ0v) is 9.53. The van der Waals surface area contributed by atoms with Crippen molar-refractivity contribution in [3.8, 4) is 0 Å². The fourth-order valence-electron chi connectivity index (χ4n) is 3.27. The molecule has 2 heteroatoms. The minimum Gasteiger partial charge on any atom is -0.362 e. The molecule has 15 heavy (non-hydrogen) atoms. The van der Waals surface area contributed by atoms with Crippen LogP contribution in [0.5, 0.6) is 0 Å². The summed E-state index contributed by atoms with van der Waals surface area (Å²) in [5, 5.41) is 3.67. The Bertz CT molecular complexity index is 359. The summed E-state index contributed by atoms with van der Waals surface area (Å²) >= 11 is 0. The molecule has 3 rings (SSSR count). The molecule has 1 saturated heterocycles. The van der Waals surface area contributed by atoms with Crippen LogP contribution in [0.1, 0.15) is 54.2 Å². The van der Waals surface area contributed by atoms with Gasteiger partial charge in [-0.2, -0.15) is 0 Å². The lowest BCUT2D eigenvalue weighted by atomic mass is 9.94. The van der Waals surface area contributed by atoms with Gasteiger partial charge in [0.15, 0.2) is 0 Å². The Labute approximate surface area is 91.5 Å². The van der Waals surface area contributed by atoms with Gasteiger partial charge in [-0.15, -0.1) is 0 Å². The topological polar surface area (TPSA) is 27.8 Å². The van der Waals surface area contributed by atoms with Gasteiger partial charge in [0, 0.05) is 17.4 Å². The first kappa shape index (κ1) is 9.46. The second-order valence-electron chi connectivity index (χ2n) is 4.98. The van der Waals surface area contributed by atoms with E-state index in [-0.39, 0.29) is 0 Å². The first-order valence-electron chi connectivity index (χ1n) is 6.30. The van der Waals surface area contributed by atoms with Crippen molar-refractivity contribution in [2.45, 2.75) is 51.5 Å². The van der Waals surface area contributed by atoms with E-state index in [4.69, 9.17) is 0 Å². The monoisotopic (exact) mass is 204 g/mol. The number of piperidine rings is 1. The van der Waals surface area contributed by atoms with E-state index in [2.05, 4.69) is 17.2 Å². The first-order valence-corrected chi connectivity index (χ1v) is 6.30. The van der Waals surface area contributed by atoms with Gasteiger partial charge in [0.25, 0.3) is 0 Å². The Morgan fingerprint density at radius 2 is 2.07 bits per heavy atom. The number of H-pyrrole nitrogens is 1. The molecule has 1 aromatic rings. The van der Waals surface area contributed by atoms with Crippen LogP contribution in [-0.4, -0.2) is 11.5 Å². The summed E-state index contributed by atoms with van der Waals surface area (Å²) in [6.45, 7) is 3.44. The Morgan fingerprint density at radius 3 is 2.87 bits per heavy atom. The molecule has 2 N–H and O–H groups in total. The van der Waals surface area contributed by atoms with Crippen LogP contribution in [0.15, 0.2) is 0 Å². The van der Waals surface area contributed by atoms with Crippen LogP contribution in [-0.2, 0) is 12.8 Å². The molecule has 1 unspecified atom stereocenters. The molecule has 0 radical (unpaired) electrons. The lowest BCUT2D eigenvalue weighted by molar-refractivity contribution is 0.409. The third-order valence-electron chi connectivity index (χ3n) is 3.94. The highest BCUT2D eigenvalue weighted by Gasteiger charge is 2.25. The van der Waals surface area contributed by atoms with Crippen molar-refractivity contribution in [1.29, 1.82) is 0 Å². The third kappa shape index (κ3) is 1.51. The van der Waals surface area contributed by atoms with Crippen molar-refractivity contribution < 1.29 is 0 Å². The van der Waals surface area contributed by atoms with Gasteiger partial charge in [0.05, 0.1) is 0 Å². The van der Waals surface area contributed by atoms with Gasteiger partial charge in [0.1, 0.15) is 0 Å². The summed E-state index contributed by atoms with van der Waals surface area (Å²) in [6.07, 6.45) is 7.97. The average Bonchev–Trinajstić information content (AvgIpc) is 2.78. The fraction of sp³-hybridized carbons (Fsp3) is 0.692. The van der Waals surface area contributed by atoms with Crippen LogP contribution in [0.2, 0.25) is 0 Å². The predicted molar refractivity (Wildman–Crippen MR) is 62.1 cm³/mol. The summed E-state index contributed by atoms with van der Waals surface area (Å²) in [7, 11) is 0. The largest absolute Gasteiger partial charge is 0.362 e. The van der Waals surface area contributed by atoms with Crippen molar-refractivity contribution in [2.24, 2.45) is 0 Å². The van der Waals surface area contributed by atoms with E-state index < -0.39 is 0 Å². The Kier molecular flexibility index (Phi) is 2.32. The van der Waals surface area contributed by atoms with Crippen LogP contribution in [0.3, 0.4) is 0 Å². The summed E-state index contributed by atoms with van der Waals surface area (Å²) in [5.41, 5.74) is 6.20. The highest BCUT2D eigenvalue weighted by molar-refractivity contribution is 5.41. The van der Waals surface area contributed by atoms with Gasteiger partial charge >= 0.3 is 0 Å². The van der Waals surface area contributed by atoms with E-state index >= 15 is 0 Å². The Balaban J connectivity index is 1.95. The SMILES string of the molecule is Cc1[nH]c2c(c1C1CCCCN1)CCC2. The summed E-state index contributed by atoms with van der Waals surface area (Å²) in [6, 6.07) is 0.636. The molecule has 82 valence electrons. The van der Waals surface area contributed by atoms with E-state index in [1.165, 1.54) is 56.5 Å². The minimum absolute atomic E-state index is 0.636. The van der Waals surface area contributed by atoms with Crippen molar-refractivity contribution >= 4 is 0 Å². The average molecular weight is 204 g/mol. The Hall–Kier alpha value is -0.760. The molecule has 2 heterocycles. The normalized spacial score (nSPS) is 25.5. The van der Waals surface area contributed by atoms with Crippen molar-refractivity contribution in [2.75, 3.05) is 6.54 Å². The van der Waals surface area contributed by atoms with Crippen molar-refractivity contribution in [3.63, 3.8) is 0 Å². The quantitative estimate of drug-likeness (QED) is 0.723. The van der Waals surface area contributed by atoms with E-state index in [0.29, 0.717) is 6.04 Å². The zero-order valence-electron chi connectivity index (χ0n) is 9.53. The lowest BCUT2D eigenvalue weighted by Crippen LogP contribution is -2.27. The molecule has 0 amide bonds. The molecule has 0 aromatic carbocycles. The van der Waals surface area contributed by atoms with E-state index in [1.807, 2.05) is 0 Å². The highest BCUT2D eigenvalue weighted by Crippen LogP contribution is 2.34. The molecular formula is C13H20N2. The molecule has 2 aliphatic rings. The van der Waals surface area contributed by atoms with E-state index in [9.17, 15) is 0 Å². The van der Waals surface area contributed by atoms with Gasteiger partial charge in [-0.3, -0.25) is 0 Å². The molecule has 1 fully saturated rings. The van der Waals surface area contributed by atoms with Crippen molar-refractivity contribution in [1.82, 2.24) is 10.3 Å². The molecule has 1 aromatic heterocycles. The lowest BCUT2D eigenvalue weighted by Gasteiger charge is -2.24. The van der Waals surface area contributed by atoms with E-state index in [0.717, 1.165) is 0 Å². The fourth-order valence-corrected chi connectivity index (χ4v) is 3.27. The number of nitrogens with one attached hydrogen (secondary N) is 2. The number of hydrogen-bond acceptors (Lipinski definition) is 1.